The molecule has 8 N–H and O–H groups in total. The zero-order valence-electron chi connectivity index (χ0n) is 37.9. The number of nitrogens with zero attached hydrogens (tertiary/aromatic N) is 2. The summed E-state index contributed by atoms with van der Waals surface area (Å²) >= 11 is 0. The summed E-state index contributed by atoms with van der Waals surface area (Å²) < 4.78 is 20.9. The molecule has 0 saturated carbocycles. The van der Waals surface area contributed by atoms with Crippen LogP contribution in [-0.2, 0) is 48.2 Å². The average Bonchev–Trinajstić information content (AvgIpc) is 3.47. The number of aliphatic hydroxyl groups excluding tert-OH is 2. The molecule has 2 aromatic carbocycles. The van der Waals surface area contributed by atoms with Crippen LogP contribution in [0.15, 0.2) is 63.6 Å². The largest absolute Gasteiger partial charge is 0.508 e. The second-order valence-corrected chi connectivity index (χ2v) is 19.2. The van der Waals surface area contributed by atoms with Crippen LogP contribution in [0.3, 0.4) is 0 Å². The quantitative estimate of drug-likeness (QED) is 0.0699. The highest BCUT2D eigenvalue weighted by Gasteiger charge is 2.57. The van der Waals surface area contributed by atoms with E-state index < -0.39 is 48.2 Å². The number of carbonyl (C=O) groups is 1. The Balaban J connectivity index is 1.33. The number of aromatic nitrogens is 2. The number of aliphatic hydroxyl groups is 2. The smallest absolute Gasteiger partial charge is 0.335 e. The van der Waals surface area contributed by atoms with Gasteiger partial charge in [-0.25, -0.2) is 14.8 Å². The van der Waals surface area contributed by atoms with Crippen molar-refractivity contribution in [3.63, 3.8) is 0 Å². The molecule has 0 saturated heterocycles. The van der Waals surface area contributed by atoms with Crippen LogP contribution in [0.2, 0.25) is 0 Å². The van der Waals surface area contributed by atoms with E-state index in [1.807, 2.05) is 32.2 Å². The summed E-state index contributed by atoms with van der Waals surface area (Å²) in [5.74, 6) is -1.86. The SMILES string of the molecule is C/C=C(/CNCC)C(=O)O[C@@H]1Cc2c3c(c4oc(CO)cc(=O)c4c2O)[C@H]2c4ccnc(N)c4[C@@H](CCc4ccc(O)cc4[C@@H]2CO)[C@@H]2CCc4c(cnc5c4CC[C@@H](C)N5)C[C@@H]2[C@]1(C)O3. The van der Waals surface area contributed by atoms with Crippen LogP contribution in [0.1, 0.15) is 121 Å². The number of phenols is 2. The zero-order valence-corrected chi connectivity index (χ0v) is 37.9. The van der Waals surface area contributed by atoms with Crippen molar-refractivity contribution >= 4 is 28.6 Å². The fourth-order valence-electron chi connectivity index (χ4n) is 12.4. The number of nitrogens with one attached hydrogen (secondary N) is 2. The molecular formula is C52H59N5O9. The van der Waals surface area contributed by atoms with Crippen molar-refractivity contribution < 1.29 is 39.1 Å². The first kappa shape index (κ1) is 43.9. The molecule has 6 heterocycles. The fraction of sp³-hybridized carbons (Fsp3) is 0.462. The second-order valence-electron chi connectivity index (χ2n) is 19.2. The van der Waals surface area contributed by atoms with Crippen molar-refractivity contribution in [1.29, 1.82) is 0 Å². The molecule has 14 heteroatoms. The van der Waals surface area contributed by atoms with Crippen LogP contribution in [0.4, 0.5) is 11.6 Å². The number of pyridine rings is 2. The molecular weight excluding hydrogens is 839 g/mol. The molecule has 5 aliphatic rings. The number of benzene rings is 2. The van der Waals surface area contributed by atoms with Crippen LogP contribution < -0.4 is 26.5 Å². The summed E-state index contributed by atoms with van der Waals surface area (Å²) in [4.78, 5) is 38.6. The Kier molecular flexibility index (Phi) is 11.3. The number of ether oxygens (including phenoxy) is 2. The fourth-order valence-corrected chi connectivity index (χ4v) is 12.4. The Morgan fingerprint density at radius 1 is 1.02 bits per heavy atom. The lowest BCUT2D eigenvalue weighted by molar-refractivity contribution is -0.168. The molecule has 346 valence electrons. The van der Waals surface area contributed by atoms with Gasteiger partial charge in [-0.15, -0.1) is 0 Å². The van der Waals surface area contributed by atoms with Crippen LogP contribution in [-0.4, -0.2) is 73.8 Å². The molecule has 0 spiro atoms. The van der Waals surface area contributed by atoms with Gasteiger partial charge in [0.15, 0.2) is 5.43 Å². The summed E-state index contributed by atoms with van der Waals surface area (Å²) in [5.41, 5.74) is 13.1. The molecule has 0 fully saturated rings. The first-order chi connectivity index (χ1) is 31.9. The van der Waals surface area contributed by atoms with Crippen LogP contribution in [0.25, 0.3) is 11.0 Å². The Labute approximate surface area is 383 Å². The summed E-state index contributed by atoms with van der Waals surface area (Å²) in [7, 11) is 0. The van der Waals surface area contributed by atoms with Crippen LogP contribution in [0, 0.1) is 11.8 Å². The first-order valence-corrected chi connectivity index (χ1v) is 23.5. The predicted molar refractivity (Wildman–Crippen MR) is 249 cm³/mol. The molecule has 0 amide bonds. The Bertz CT molecular complexity index is 2860. The zero-order chi connectivity index (χ0) is 46.2. The lowest BCUT2D eigenvalue weighted by Crippen LogP contribution is -2.59. The summed E-state index contributed by atoms with van der Waals surface area (Å²) in [6.45, 7) is 7.87. The van der Waals surface area contributed by atoms with Gasteiger partial charge in [0.1, 0.15) is 63.9 Å². The summed E-state index contributed by atoms with van der Waals surface area (Å²) in [6, 6.07) is 8.65. The van der Waals surface area contributed by atoms with Gasteiger partial charge in [-0.2, -0.15) is 0 Å². The molecule has 4 bridgehead atoms. The number of phenolic OH excluding ortho intramolecular Hbond substituents is 2. The lowest BCUT2D eigenvalue weighted by Gasteiger charge is -2.51. The van der Waals surface area contributed by atoms with E-state index in [0.717, 1.165) is 59.8 Å². The van der Waals surface area contributed by atoms with Gasteiger partial charge in [0, 0.05) is 77.5 Å². The van der Waals surface area contributed by atoms with Crippen LogP contribution in [0.5, 0.6) is 17.2 Å². The molecule has 2 aliphatic carbocycles. The third kappa shape index (κ3) is 7.02. The number of rotatable bonds is 7. The molecule has 10 rings (SSSR count). The number of carbonyl (C=O) groups excluding carboxylic acids is 1. The van der Waals surface area contributed by atoms with Gasteiger partial charge >= 0.3 is 5.97 Å². The molecule has 3 aliphatic heterocycles. The topological polar surface area (TPSA) is 223 Å². The van der Waals surface area contributed by atoms with Crippen molar-refractivity contribution in [1.82, 2.24) is 15.3 Å². The number of aryl methyl sites for hydroxylation is 1. The standard InChI is InChI=1S/C52H59N5O9/c1-5-26(21-54-6-2)51(63)65-41-20-37-46(62)44-40(61)19-30(23-58)64-48(44)45-42-35-15-16-55-49(53)43(35)33(12-9-27-8-10-29(60)18-36(27)38(42)24-59)32-14-13-31-28(17-39(32)52(41,4)66-47(37)45)22-56-50-34(31)11-7-25(3)57-50/h5,8,10,15-16,18-19,22,25,32-33,38-39,41-42,54,58-60,62H,6-7,9,11-14,17,20-21,23-24H2,1-4H3,(H2,53,55)(H,56,57)/b26-5-/t25-,32+,33+,38+,39+,41-,42+,52+/m1/s1. The summed E-state index contributed by atoms with van der Waals surface area (Å²) in [6.07, 6.45) is 9.43. The van der Waals surface area contributed by atoms with E-state index in [-0.39, 0.29) is 70.3 Å². The van der Waals surface area contributed by atoms with Crippen molar-refractivity contribution in [3.05, 3.63) is 120 Å². The number of nitrogen functional groups attached to an aromatic ring is 1. The molecule has 5 aromatic rings. The normalized spacial score (nSPS) is 26.4. The number of allylic oxidation sites excluding steroid dienone is 1. The van der Waals surface area contributed by atoms with Gasteiger partial charge < -0.3 is 50.7 Å². The number of nitrogens with two attached hydrogens (primary N) is 1. The van der Waals surface area contributed by atoms with E-state index in [4.69, 9.17) is 29.6 Å². The van der Waals surface area contributed by atoms with Crippen molar-refractivity contribution in [2.24, 2.45) is 11.8 Å². The van der Waals surface area contributed by atoms with Crippen LogP contribution >= 0.6 is 0 Å². The Morgan fingerprint density at radius 3 is 2.61 bits per heavy atom. The van der Waals surface area contributed by atoms with E-state index in [0.29, 0.717) is 54.4 Å². The average molecular weight is 898 g/mol. The highest BCUT2D eigenvalue weighted by atomic mass is 16.6. The van der Waals surface area contributed by atoms with Gasteiger partial charge in [-0.3, -0.25) is 4.79 Å². The minimum Gasteiger partial charge on any atom is -0.508 e. The van der Waals surface area contributed by atoms with Crippen molar-refractivity contribution in [2.45, 2.75) is 121 Å². The molecule has 0 radical (unpaired) electrons. The Morgan fingerprint density at radius 2 is 1.83 bits per heavy atom. The number of esters is 1. The Hall–Kier alpha value is -5.96. The molecule has 14 nitrogen and oxygen atoms in total. The van der Waals surface area contributed by atoms with Gasteiger partial charge in [0.25, 0.3) is 0 Å². The third-order valence-corrected chi connectivity index (χ3v) is 15.7. The highest BCUT2D eigenvalue weighted by molar-refractivity contribution is 5.92. The molecule has 3 aromatic heterocycles. The van der Waals surface area contributed by atoms with Crippen molar-refractivity contribution in [2.75, 3.05) is 30.7 Å². The summed E-state index contributed by atoms with van der Waals surface area (Å²) in [5, 5.41) is 52.7. The predicted octanol–water partition coefficient (Wildman–Crippen LogP) is 6.35. The number of likely N-dealkylation sites (N-methyl/N-ethyl adjacent to an activating group) is 1. The third-order valence-electron chi connectivity index (χ3n) is 15.7. The first-order valence-electron chi connectivity index (χ1n) is 23.5. The minimum absolute atomic E-state index is 0.00869. The molecule has 0 unspecified atom stereocenters. The van der Waals surface area contributed by atoms with E-state index in [9.17, 15) is 30.0 Å². The second kappa shape index (κ2) is 17.0. The van der Waals surface area contributed by atoms with E-state index in [1.54, 1.807) is 31.3 Å². The highest BCUT2D eigenvalue weighted by Crippen LogP contribution is 2.60. The number of anilines is 2. The van der Waals surface area contributed by atoms with E-state index in [1.165, 1.54) is 11.1 Å². The number of fused-ring (bicyclic) bond motifs is 11. The maximum atomic E-state index is 14.5. The van der Waals surface area contributed by atoms with Gasteiger partial charge in [-0.1, -0.05) is 19.1 Å². The van der Waals surface area contributed by atoms with Gasteiger partial charge in [-0.05, 0) is 136 Å². The van der Waals surface area contributed by atoms with E-state index >= 15 is 0 Å². The molecule has 8 atom stereocenters. The number of hydrogen-bond donors (Lipinski definition) is 7. The van der Waals surface area contributed by atoms with E-state index in [2.05, 4.69) is 17.6 Å². The number of hydrogen-bond acceptors (Lipinski definition) is 14. The van der Waals surface area contributed by atoms with Crippen molar-refractivity contribution in [3.8, 4) is 17.2 Å². The number of aromatic hydroxyl groups is 2. The maximum absolute atomic E-state index is 14.5. The van der Waals surface area contributed by atoms with Gasteiger partial charge in [0.2, 0.25) is 0 Å². The monoisotopic (exact) mass is 897 g/mol. The maximum Gasteiger partial charge on any atom is 0.335 e. The molecule has 66 heavy (non-hydrogen) atoms. The van der Waals surface area contributed by atoms with Gasteiger partial charge in [0.05, 0.1) is 6.61 Å². The minimum atomic E-state index is -1.30. The lowest BCUT2D eigenvalue weighted by atomic mass is 9.62.